The van der Waals surface area contributed by atoms with Crippen molar-refractivity contribution < 1.29 is 19.1 Å². The molecule has 0 radical (unpaired) electrons. The molecule has 1 aliphatic heterocycles. The van der Waals surface area contributed by atoms with E-state index in [0.29, 0.717) is 58.6 Å². The summed E-state index contributed by atoms with van der Waals surface area (Å²) in [7, 11) is 1.83. The summed E-state index contributed by atoms with van der Waals surface area (Å²) in [5, 5.41) is 12.3. The normalized spacial score (nSPS) is 13.4. The first-order valence-electron chi connectivity index (χ1n) is 12.6. The Hall–Kier alpha value is -5.05. The van der Waals surface area contributed by atoms with Gasteiger partial charge in [-0.15, -0.1) is 0 Å². The van der Waals surface area contributed by atoms with Crippen LogP contribution in [0.4, 0.5) is 11.5 Å². The molecule has 4 aromatic rings. The van der Waals surface area contributed by atoms with Gasteiger partial charge in [0.25, 0.3) is 5.91 Å². The van der Waals surface area contributed by atoms with Gasteiger partial charge in [0, 0.05) is 32.4 Å². The zero-order chi connectivity index (χ0) is 28.6. The second-order valence-corrected chi connectivity index (χ2v) is 10.6. The molecule has 4 aromatic heterocycles. The maximum absolute atomic E-state index is 12.9. The Balaban J connectivity index is 1.30. The van der Waals surface area contributed by atoms with E-state index >= 15 is 0 Å². The summed E-state index contributed by atoms with van der Waals surface area (Å²) < 4.78 is 13.2. The lowest BCUT2D eigenvalue weighted by Gasteiger charge is -2.38. The molecule has 0 aromatic carbocycles. The van der Waals surface area contributed by atoms with E-state index in [2.05, 4.69) is 25.3 Å². The summed E-state index contributed by atoms with van der Waals surface area (Å²) in [5.74, 6) is 0.465. The van der Waals surface area contributed by atoms with E-state index < -0.39 is 5.60 Å². The summed E-state index contributed by atoms with van der Waals surface area (Å²) in [6.07, 6.45) is 4.63. The van der Waals surface area contributed by atoms with Crippen LogP contribution in [0.2, 0.25) is 0 Å². The van der Waals surface area contributed by atoms with Crippen molar-refractivity contribution in [1.82, 2.24) is 29.4 Å². The Morgan fingerprint density at radius 2 is 1.90 bits per heavy atom. The average molecular weight is 541 g/mol. The van der Waals surface area contributed by atoms with Gasteiger partial charge in [-0.3, -0.25) is 9.59 Å². The van der Waals surface area contributed by atoms with Gasteiger partial charge in [0.1, 0.15) is 28.7 Å². The minimum Gasteiger partial charge on any atom is -0.460 e. The molecule has 5 rings (SSSR count). The first-order valence-corrected chi connectivity index (χ1v) is 12.6. The minimum atomic E-state index is -0.559. The molecule has 12 heteroatoms. The number of rotatable bonds is 6. The van der Waals surface area contributed by atoms with Crippen molar-refractivity contribution in [1.29, 1.82) is 5.26 Å². The van der Waals surface area contributed by atoms with E-state index in [1.807, 2.05) is 40.8 Å². The molecule has 0 spiro atoms. The maximum Gasteiger partial charge on any atom is 0.313 e. The first kappa shape index (κ1) is 26.6. The molecule has 12 nitrogen and oxygen atoms in total. The monoisotopic (exact) mass is 540 g/mol. The summed E-state index contributed by atoms with van der Waals surface area (Å²) in [5.41, 5.74) is 2.70. The number of anilines is 2. The number of nitrogens with one attached hydrogen (secondary N) is 1. The number of amides is 1. The summed E-state index contributed by atoms with van der Waals surface area (Å²) in [6.45, 7) is 7.92. The van der Waals surface area contributed by atoms with Gasteiger partial charge in [-0.05, 0) is 51.5 Å². The smallest absolute Gasteiger partial charge is 0.313 e. The Morgan fingerprint density at radius 1 is 1.12 bits per heavy atom. The molecule has 204 valence electrons. The van der Waals surface area contributed by atoms with E-state index in [1.54, 1.807) is 40.1 Å². The Bertz CT molecular complexity index is 1640. The zero-order valence-corrected chi connectivity index (χ0v) is 22.8. The molecule has 40 heavy (non-hydrogen) atoms. The lowest BCUT2D eigenvalue weighted by Crippen LogP contribution is -2.54. The number of nitriles is 1. The van der Waals surface area contributed by atoms with Crippen LogP contribution in [0.25, 0.3) is 11.2 Å². The Labute approximate surface area is 230 Å². The van der Waals surface area contributed by atoms with Crippen LogP contribution in [0.5, 0.6) is 11.6 Å². The highest BCUT2D eigenvalue weighted by Crippen LogP contribution is 2.31. The van der Waals surface area contributed by atoms with Gasteiger partial charge >= 0.3 is 5.97 Å². The lowest BCUT2D eigenvalue weighted by molar-refractivity contribution is -0.164. The van der Waals surface area contributed by atoms with E-state index in [-0.39, 0.29) is 17.8 Å². The van der Waals surface area contributed by atoms with Crippen molar-refractivity contribution in [3.05, 3.63) is 59.8 Å². The molecule has 0 unspecified atom stereocenters. The van der Waals surface area contributed by atoms with E-state index in [1.165, 1.54) is 12.4 Å². The number of carbonyl (C=O) groups excluding carboxylic acids is 2. The summed E-state index contributed by atoms with van der Waals surface area (Å²) >= 11 is 0. The van der Waals surface area contributed by atoms with Crippen LogP contribution < -0.4 is 10.1 Å². The number of hydrogen-bond donors (Lipinski definition) is 1. The summed E-state index contributed by atoms with van der Waals surface area (Å²) in [6, 6.07) is 8.72. The number of esters is 1. The van der Waals surface area contributed by atoms with E-state index in [0.717, 1.165) is 5.56 Å². The molecule has 5 heterocycles. The number of fused-ring (bicyclic) bond motifs is 1. The van der Waals surface area contributed by atoms with Gasteiger partial charge in [0.15, 0.2) is 11.4 Å². The number of pyridine rings is 3. The fourth-order valence-electron chi connectivity index (χ4n) is 4.14. The molecule has 1 amide bonds. The molecule has 0 atom stereocenters. The van der Waals surface area contributed by atoms with Crippen LogP contribution in [0, 0.1) is 24.2 Å². The van der Waals surface area contributed by atoms with Gasteiger partial charge in [0.2, 0.25) is 5.88 Å². The van der Waals surface area contributed by atoms with Crippen LogP contribution in [0.15, 0.2) is 43.0 Å². The van der Waals surface area contributed by atoms with Gasteiger partial charge in [-0.25, -0.2) is 15.0 Å². The second kappa shape index (κ2) is 10.3. The third-order valence-electron chi connectivity index (χ3n) is 6.22. The number of nitrogens with zero attached hydrogens (tertiary/aromatic N) is 7. The number of likely N-dealkylation sites (tertiary alicyclic amines) is 1. The SMILES string of the molecule is Cc1cc(C#N)ncc1Oc1cc(Nc2ccc(C(=O)N3CC(C(=O)OC(C)(C)C)C3)cn2)c2ncn(C)c2n1. The number of hydrogen-bond acceptors (Lipinski definition) is 10. The lowest BCUT2D eigenvalue weighted by atomic mass is 9.99. The zero-order valence-electron chi connectivity index (χ0n) is 22.8. The van der Waals surface area contributed by atoms with Gasteiger partial charge in [-0.1, -0.05) is 0 Å². The van der Waals surface area contributed by atoms with E-state index in [9.17, 15) is 9.59 Å². The largest absolute Gasteiger partial charge is 0.460 e. The van der Waals surface area contributed by atoms with Crippen LogP contribution in [-0.4, -0.2) is 60.0 Å². The third-order valence-corrected chi connectivity index (χ3v) is 6.22. The molecule has 0 saturated carbocycles. The van der Waals surface area contributed by atoms with Crippen LogP contribution in [0.1, 0.15) is 42.4 Å². The maximum atomic E-state index is 12.9. The quantitative estimate of drug-likeness (QED) is 0.357. The molecule has 0 bridgehead atoms. The average Bonchev–Trinajstić information content (AvgIpc) is 3.24. The highest BCUT2D eigenvalue weighted by Gasteiger charge is 2.38. The molecular weight excluding hydrogens is 512 g/mol. The Kier molecular flexibility index (Phi) is 6.81. The predicted molar refractivity (Wildman–Crippen MR) is 145 cm³/mol. The van der Waals surface area contributed by atoms with E-state index in [4.69, 9.17) is 14.7 Å². The molecule has 0 aliphatic carbocycles. The molecule has 1 aliphatic rings. The fraction of sp³-hybridized carbons (Fsp3) is 0.321. The predicted octanol–water partition coefficient (Wildman–Crippen LogP) is 3.89. The van der Waals surface area contributed by atoms with Gasteiger partial charge in [0.05, 0.1) is 29.7 Å². The van der Waals surface area contributed by atoms with Gasteiger partial charge in [-0.2, -0.15) is 10.2 Å². The number of aromatic nitrogens is 5. The second-order valence-electron chi connectivity index (χ2n) is 10.6. The van der Waals surface area contributed by atoms with Crippen molar-refractivity contribution in [3.63, 3.8) is 0 Å². The highest BCUT2D eigenvalue weighted by atomic mass is 16.6. The van der Waals surface area contributed by atoms with Crippen molar-refractivity contribution in [2.45, 2.75) is 33.3 Å². The Morgan fingerprint density at radius 3 is 2.55 bits per heavy atom. The van der Waals surface area contributed by atoms with Crippen LogP contribution in [-0.2, 0) is 16.6 Å². The van der Waals surface area contributed by atoms with Crippen molar-refractivity contribution >= 4 is 34.5 Å². The summed E-state index contributed by atoms with van der Waals surface area (Å²) in [4.78, 5) is 44.2. The molecule has 1 N–H and O–H groups in total. The van der Waals surface area contributed by atoms with Crippen LogP contribution in [0.3, 0.4) is 0 Å². The minimum absolute atomic E-state index is 0.197. The number of aryl methyl sites for hydroxylation is 2. The first-order chi connectivity index (χ1) is 19.0. The number of carbonyl (C=O) groups is 2. The standard InChI is InChI=1S/C28H28N8O4/c1-16-8-19(10-29)30-12-21(16)39-23-9-20(24-25(34-23)35(5)15-32-24)33-22-7-6-17(11-31-22)26(37)36-13-18(14-36)27(38)40-28(2,3)4/h6-9,11-12,15,18H,13-14H2,1-5H3,(H,31,33,34). The molecule has 1 fully saturated rings. The molecular formula is C28H28N8O4. The van der Waals surface area contributed by atoms with Crippen LogP contribution >= 0.6 is 0 Å². The fourth-order valence-corrected chi connectivity index (χ4v) is 4.14. The van der Waals surface area contributed by atoms with Crippen molar-refractivity contribution in [2.75, 3.05) is 18.4 Å². The molecule has 1 saturated heterocycles. The van der Waals surface area contributed by atoms with Gasteiger partial charge < -0.3 is 24.3 Å². The third kappa shape index (κ3) is 5.54. The van der Waals surface area contributed by atoms with Crippen molar-refractivity contribution in [2.24, 2.45) is 13.0 Å². The highest BCUT2D eigenvalue weighted by molar-refractivity contribution is 5.96. The number of ether oxygens (including phenoxy) is 2. The van der Waals surface area contributed by atoms with Crippen molar-refractivity contribution in [3.8, 4) is 17.7 Å². The number of imidazole rings is 1. The topological polar surface area (TPSA) is 148 Å².